The molecule has 1 aromatic heterocycles. The van der Waals surface area contributed by atoms with Crippen LogP contribution in [0.1, 0.15) is 55.0 Å². The number of rotatable bonds is 8. The fourth-order valence-corrected chi connectivity index (χ4v) is 6.97. The fraction of sp³-hybridized carbons (Fsp3) is 0.407. The minimum atomic E-state index is -0.966. The molecular weight excluding hydrogens is 494 g/mol. The lowest BCUT2D eigenvalue weighted by molar-refractivity contribution is -0.146. The van der Waals surface area contributed by atoms with Crippen LogP contribution in [0.25, 0.3) is 0 Å². The van der Waals surface area contributed by atoms with Gasteiger partial charge in [0.05, 0.1) is 22.6 Å². The average molecular weight is 524 g/mol. The third-order valence-electron chi connectivity index (χ3n) is 6.65. The zero-order chi connectivity index (χ0) is 25.7. The summed E-state index contributed by atoms with van der Waals surface area (Å²) in [7, 11) is 0. The first kappa shape index (κ1) is 26.0. The van der Waals surface area contributed by atoms with E-state index in [1.165, 1.54) is 28.0 Å². The highest BCUT2D eigenvalue weighted by atomic mass is 32.2. The first-order valence-electron chi connectivity index (χ1n) is 12.2. The van der Waals surface area contributed by atoms with Gasteiger partial charge in [-0.25, -0.2) is 0 Å². The summed E-state index contributed by atoms with van der Waals surface area (Å²) < 4.78 is 0. The molecule has 1 heterocycles. The van der Waals surface area contributed by atoms with Gasteiger partial charge < -0.3 is 15.7 Å². The number of carboxylic acids is 1. The zero-order valence-corrected chi connectivity index (χ0v) is 21.7. The molecule has 7 nitrogen and oxygen atoms in total. The number of aliphatic carboxylic acids is 1. The molecule has 2 amide bonds. The van der Waals surface area contributed by atoms with Gasteiger partial charge in [-0.05, 0) is 68.7 Å². The number of nitrogens with one attached hydrogen (secondary N) is 2. The Kier molecular flexibility index (Phi) is 8.49. The fourth-order valence-electron chi connectivity index (χ4n) is 4.71. The predicted octanol–water partition coefficient (Wildman–Crippen LogP) is 5.61. The lowest BCUT2D eigenvalue weighted by atomic mass is 9.82. The number of fused-ring (bicyclic) bond motifs is 1. The van der Waals surface area contributed by atoms with Gasteiger partial charge in [-0.3, -0.25) is 14.4 Å². The molecule has 188 valence electrons. The van der Waals surface area contributed by atoms with Crippen molar-refractivity contribution < 1.29 is 19.5 Å². The molecule has 0 fully saturated rings. The summed E-state index contributed by atoms with van der Waals surface area (Å²) in [6, 6.07) is 9.53. The Labute approximate surface area is 219 Å². The number of carbonyl (C=O) groups excluding carboxylic acids is 2. The Hall–Kier alpha value is -3.09. The van der Waals surface area contributed by atoms with Crippen molar-refractivity contribution in [2.75, 3.05) is 10.6 Å². The van der Waals surface area contributed by atoms with Crippen LogP contribution in [-0.4, -0.2) is 28.1 Å². The highest BCUT2D eigenvalue weighted by molar-refractivity contribution is 8.00. The quantitative estimate of drug-likeness (QED) is 0.305. The molecule has 3 atom stereocenters. The van der Waals surface area contributed by atoms with Crippen LogP contribution < -0.4 is 10.6 Å². The Balaban J connectivity index is 1.43. The molecule has 0 bridgehead atoms. The maximum Gasteiger partial charge on any atom is 0.307 e. The molecule has 0 saturated heterocycles. The number of benzene rings is 1. The topological polar surface area (TPSA) is 119 Å². The molecule has 0 aliphatic heterocycles. The highest BCUT2D eigenvalue weighted by Crippen LogP contribution is 2.38. The van der Waals surface area contributed by atoms with Crippen LogP contribution in [0, 0.1) is 23.2 Å². The van der Waals surface area contributed by atoms with Crippen LogP contribution >= 0.6 is 23.1 Å². The second-order valence-electron chi connectivity index (χ2n) is 9.04. The summed E-state index contributed by atoms with van der Waals surface area (Å²) in [6.45, 7) is 1.94. The van der Waals surface area contributed by atoms with Crippen molar-refractivity contribution in [2.45, 2.75) is 62.0 Å². The minimum Gasteiger partial charge on any atom is -0.481 e. The molecule has 3 N–H and O–H groups in total. The Morgan fingerprint density at radius 3 is 2.64 bits per heavy atom. The summed E-state index contributed by atoms with van der Waals surface area (Å²) in [5.74, 6) is -2.78. The first-order valence-corrected chi connectivity index (χ1v) is 13.9. The third kappa shape index (κ3) is 5.82. The second kappa shape index (κ2) is 11.8. The molecule has 0 spiro atoms. The first-order chi connectivity index (χ1) is 17.4. The molecule has 2 aliphatic carbocycles. The number of anilines is 2. The van der Waals surface area contributed by atoms with E-state index in [0.717, 1.165) is 36.1 Å². The second-order valence-corrected chi connectivity index (χ2v) is 11.4. The number of carbonyl (C=O) groups is 3. The van der Waals surface area contributed by atoms with Crippen LogP contribution in [0.3, 0.4) is 0 Å². The molecule has 36 heavy (non-hydrogen) atoms. The smallest absolute Gasteiger partial charge is 0.307 e. The largest absolute Gasteiger partial charge is 0.481 e. The van der Waals surface area contributed by atoms with Crippen LogP contribution in [-0.2, 0) is 27.2 Å². The van der Waals surface area contributed by atoms with E-state index in [2.05, 4.69) is 16.7 Å². The van der Waals surface area contributed by atoms with E-state index < -0.39 is 17.8 Å². The molecule has 2 aromatic rings. The standard InChI is InChI=1S/C27H29N3O4S2/c1-2-22(25(32)30-26-21(15-28)18-10-5-6-13-23(18)36-26)35-17-9-7-8-16(14-17)29-24(31)19-11-3-4-12-20(19)27(33)34/h3-4,7-9,14,19-20,22H,2,5-6,10-13H2,1H3,(H,29,31)(H,30,32)(H,33,34). The van der Waals surface area contributed by atoms with E-state index in [1.54, 1.807) is 24.3 Å². The number of hydrogen-bond donors (Lipinski definition) is 3. The number of allylic oxidation sites excluding steroid dienone is 2. The van der Waals surface area contributed by atoms with Crippen molar-refractivity contribution in [2.24, 2.45) is 11.8 Å². The summed E-state index contributed by atoms with van der Waals surface area (Å²) in [6.07, 6.45) is 9.01. The van der Waals surface area contributed by atoms with Crippen molar-refractivity contribution in [3.8, 4) is 6.07 Å². The number of nitrogens with zero attached hydrogens (tertiary/aromatic N) is 1. The molecule has 2 aliphatic rings. The van der Waals surface area contributed by atoms with E-state index in [-0.39, 0.29) is 17.1 Å². The van der Waals surface area contributed by atoms with Gasteiger partial charge in [0.1, 0.15) is 11.1 Å². The van der Waals surface area contributed by atoms with Crippen LogP contribution in [0.15, 0.2) is 41.3 Å². The molecular formula is C27H29N3O4S2. The number of thioether (sulfide) groups is 1. The SMILES string of the molecule is CCC(Sc1cccc(NC(=O)C2CC=CCC2C(=O)O)c1)C(=O)Nc1sc2c(c1C#N)CCCC2. The number of nitriles is 1. The molecule has 0 saturated carbocycles. The summed E-state index contributed by atoms with van der Waals surface area (Å²) in [5.41, 5.74) is 2.26. The molecule has 9 heteroatoms. The lowest BCUT2D eigenvalue weighted by Gasteiger charge is -2.24. The Bertz CT molecular complexity index is 1230. The average Bonchev–Trinajstić information content (AvgIpc) is 3.24. The molecule has 3 unspecified atom stereocenters. The van der Waals surface area contributed by atoms with E-state index in [0.29, 0.717) is 35.5 Å². The number of amides is 2. The Morgan fingerprint density at radius 1 is 1.17 bits per heavy atom. The van der Waals surface area contributed by atoms with Crippen LogP contribution in [0.4, 0.5) is 10.7 Å². The summed E-state index contributed by atoms with van der Waals surface area (Å²) in [5, 5.41) is 25.3. The van der Waals surface area contributed by atoms with Gasteiger partial charge in [0.25, 0.3) is 0 Å². The van der Waals surface area contributed by atoms with Gasteiger partial charge in [-0.2, -0.15) is 5.26 Å². The van der Waals surface area contributed by atoms with E-state index in [1.807, 2.05) is 19.1 Å². The van der Waals surface area contributed by atoms with Crippen molar-refractivity contribution in [1.82, 2.24) is 0 Å². The van der Waals surface area contributed by atoms with Crippen molar-refractivity contribution in [3.63, 3.8) is 0 Å². The van der Waals surface area contributed by atoms with Crippen molar-refractivity contribution >= 4 is 51.6 Å². The normalized spacial score (nSPS) is 19.6. The Morgan fingerprint density at radius 2 is 1.92 bits per heavy atom. The van der Waals surface area contributed by atoms with Crippen LogP contribution in [0.5, 0.6) is 0 Å². The maximum atomic E-state index is 13.1. The van der Waals surface area contributed by atoms with E-state index >= 15 is 0 Å². The van der Waals surface area contributed by atoms with Gasteiger partial charge in [-0.1, -0.05) is 25.1 Å². The summed E-state index contributed by atoms with van der Waals surface area (Å²) >= 11 is 2.92. The van der Waals surface area contributed by atoms with Crippen molar-refractivity contribution in [3.05, 3.63) is 52.4 Å². The van der Waals surface area contributed by atoms with Gasteiger partial charge >= 0.3 is 5.97 Å². The minimum absolute atomic E-state index is 0.148. The van der Waals surface area contributed by atoms with Gasteiger partial charge in [0, 0.05) is 15.5 Å². The molecule has 1 aromatic carbocycles. The number of aryl methyl sites for hydroxylation is 1. The number of hydrogen-bond acceptors (Lipinski definition) is 6. The van der Waals surface area contributed by atoms with Crippen LogP contribution in [0.2, 0.25) is 0 Å². The molecule has 4 rings (SSSR count). The van der Waals surface area contributed by atoms with E-state index in [4.69, 9.17) is 0 Å². The third-order valence-corrected chi connectivity index (χ3v) is 9.21. The maximum absolute atomic E-state index is 13.1. The predicted molar refractivity (Wildman–Crippen MR) is 142 cm³/mol. The lowest BCUT2D eigenvalue weighted by Crippen LogP contribution is -2.34. The number of thiophene rings is 1. The van der Waals surface area contributed by atoms with Gasteiger partial charge in [0.2, 0.25) is 11.8 Å². The van der Waals surface area contributed by atoms with Gasteiger partial charge in [0.15, 0.2) is 0 Å². The van der Waals surface area contributed by atoms with Gasteiger partial charge in [-0.15, -0.1) is 23.1 Å². The molecule has 0 radical (unpaired) electrons. The summed E-state index contributed by atoms with van der Waals surface area (Å²) in [4.78, 5) is 39.5. The monoisotopic (exact) mass is 523 g/mol. The van der Waals surface area contributed by atoms with Crippen molar-refractivity contribution in [1.29, 1.82) is 5.26 Å². The zero-order valence-electron chi connectivity index (χ0n) is 20.1. The highest BCUT2D eigenvalue weighted by Gasteiger charge is 2.34. The number of carboxylic acid groups (broad SMARTS) is 1. The van der Waals surface area contributed by atoms with E-state index in [9.17, 15) is 24.8 Å².